The minimum atomic E-state index is -0.297. The zero-order valence-electron chi connectivity index (χ0n) is 6.92. The summed E-state index contributed by atoms with van der Waals surface area (Å²) in [4.78, 5) is 0. The van der Waals surface area contributed by atoms with Gasteiger partial charge in [-0.15, -0.1) is 0 Å². The van der Waals surface area contributed by atoms with Crippen molar-refractivity contribution in [3.05, 3.63) is 12.3 Å². The molecule has 0 heterocycles. The van der Waals surface area contributed by atoms with Crippen LogP contribution in [-0.2, 0) is 4.74 Å². The van der Waals surface area contributed by atoms with Crippen LogP contribution in [0.4, 0.5) is 0 Å². The molecule has 0 aliphatic rings. The maximum Gasteiger partial charge on any atom is 0.0978 e. The summed E-state index contributed by atoms with van der Waals surface area (Å²) in [6.07, 6.45) is 0.430. The lowest BCUT2D eigenvalue weighted by molar-refractivity contribution is 0.0736. The molecular formula is C8H16O2. The molecule has 0 aromatic heterocycles. The second-order valence-electron chi connectivity index (χ2n) is 2.72. The van der Waals surface area contributed by atoms with Crippen molar-refractivity contribution in [1.82, 2.24) is 0 Å². The summed E-state index contributed by atoms with van der Waals surface area (Å²) in [6, 6.07) is 0. The zero-order chi connectivity index (χ0) is 8.15. The van der Waals surface area contributed by atoms with Gasteiger partial charge in [0.25, 0.3) is 0 Å². The Morgan fingerprint density at radius 1 is 1.60 bits per heavy atom. The molecule has 2 atom stereocenters. The molecule has 2 nitrogen and oxygen atoms in total. The summed E-state index contributed by atoms with van der Waals surface area (Å²) in [5.41, 5.74) is 0. The number of ether oxygens (including phenoxy) is 1. The van der Waals surface area contributed by atoms with Crippen LogP contribution in [0.3, 0.4) is 0 Å². The predicted octanol–water partition coefficient (Wildman–Crippen LogP) is 1.70. The van der Waals surface area contributed by atoms with E-state index >= 15 is 0 Å². The lowest BCUT2D eigenvalue weighted by Crippen LogP contribution is -2.14. The first-order valence-electron chi connectivity index (χ1n) is 3.52. The fourth-order valence-electron chi connectivity index (χ4n) is 0.872. The first kappa shape index (κ1) is 9.50. The fraction of sp³-hybridized carbons (Fsp3) is 0.750. The van der Waals surface area contributed by atoms with E-state index in [1.165, 1.54) is 0 Å². The first-order chi connectivity index (χ1) is 4.52. The fourth-order valence-corrected chi connectivity index (χ4v) is 0.872. The maximum absolute atomic E-state index is 8.93. The van der Waals surface area contributed by atoms with Crippen molar-refractivity contribution in [2.45, 2.75) is 39.4 Å². The van der Waals surface area contributed by atoms with Gasteiger partial charge in [-0.3, -0.25) is 0 Å². The molecular weight excluding hydrogens is 128 g/mol. The number of rotatable bonds is 4. The maximum atomic E-state index is 8.93. The molecule has 2 unspecified atom stereocenters. The van der Waals surface area contributed by atoms with E-state index in [2.05, 4.69) is 6.58 Å². The van der Waals surface area contributed by atoms with Crippen LogP contribution in [0.2, 0.25) is 0 Å². The number of aliphatic hydroxyl groups excluding tert-OH is 1. The Kier molecular flexibility index (Phi) is 4.12. The van der Waals surface area contributed by atoms with E-state index in [9.17, 15) is 0 Å². The van der Waals surface area contributed by atoms with Gasteiger partial charge in [0.15, 0.2) is 0 Å². The molecule has 0 rings (SSSR count). The highest BCUT2D eigenvalue weighted by molar-refractivity contribution is 4.76. The van der Waals surface area contributed by atoms with Crippen molar-refractivity contribution < 1.29 is 9.84 Å². The molecule has 10 heavy (non-hydrogen) atoms. The van der Waals surface area contributed by atoms with E-state index in [-0.39, 0.29) is 12.2 Å². The van der Waals surface area contributed by atoms with Crippen molar-refractivity contribution in [2.75, 3.05) is 0 Å². The van der Waals surface area contributed by atoms with Gasteiger partial charge in [0.1, 0.15) is 0 Å². The Balaban J connectivity index is 3.43. The Hall–Kier alpha value is -0.500. The predicted molar refractivity (Wildman–Crippen MR) is 41.7 cm³/mol. The van der Waals surface area contributed by atoms with Gasteiger partial charge < -0.3 is 9.84 Å². The van der Waals surface area contributed by atoms with E-state index in [1.54, 1.807) is 13.8 Å². The van der Waals surface area contributed by atoms with Gasteiger partial charge in [-0.05, 0) is 20.8 Å². The minimum absolute atomic E-state index is 0.0671. The van der Waals surface area contributed by atoms with Gasteiger partial charge in [0, 0.05) is 6.42 Å². The smallest absolute Gasteiger partial charge is 0.0978 e. The van der Waals surface area contributed by atoms with Crippen LogP contribution in [0.15, 0.2) is 12.3 Å². The Morgan fingerprint density at radius 2 is 2.10 bits per heavy atom. The second-order valence-corrected chi connectivity index (χ2v) is 2.72. The Bertz CT molecular complexity index is 108. The Labute approximate surface area is 62.5 Å². The second kappa shape index (κ2) is 4.34. The third-order valence-electron chi connectivity index (χ3n) is 1.08. The lowest BCUT2D eigenvalue weighted by atomic mass is 10.2. The van der Waals surface area contributed by atoms with Gasteiger partial charge in [-0.25, -0.2) is 0 Å². The van der Waals surface area contributed by atoms with Gasteiger partial charge in [-0.2, -0.15) is 0 Å². The number of allylic oxidation sites excluding steroid dienone is 1. The van der Waals surface area contributed by atoms with E-state index in [1.807, 2.05) is 6.92 Å². The molecule has 0 fully saturated rings. The molecule has 0 saturated heterocycles. The van der Waals surface area contributed by atoms with E-state index in [0.29, 0.717) is 12.2 Å². The van der Waals surface area contributed by atoms with Gasteiger partial charge >= 0.3 is 0 Å². The molecule has 0 aliphatic carbocycles. The van der Waals surface area contributed by atoms with Crippen LogP contribution in [0.25, 0.3) is 0 Å². The van der Waals surface area contributed by atoms with Crippen molar-refractivity contribution in [3.8, 4) is 0 Å². The van der Waals surface area contributed by atoms with Crippen molar-refractivity contribution in [1.29, 1.82) is 0 Å². The highest BCUT2D eigenvalue weighted by atomic mass is 16.5. The highest BCUT2D eigenvalue weighted by Gasteiger charge is 2.05. The molecule has 0 aromatic rings. The van der Waals surface area contributed by atoms with E-state index in [4.69, 9.17) is 9.84 Å². The largest absolute Gasteiger partial charge is 0.496 e. The summed E-state index contributed by atoms with van der Waals surface area (Å²) in [5, 5.41) is 8.93. The first-order valence-corrected chi connectivity index (χ1v) is 3.52. The monoisotopic (exact) mass is 144 g/mol. The van der Waals surface area contributed by atoms with Crippen LogP contribution in [-0.4, -0.2) is 17.3 Å². The van der Waals surface area contributed by atoms with E-state index in [0.717, 1.165) is 0 Å². The van der Waals surface area contributed by atoms with Crippen molar-refractivity contribution >= 4 is 0 Å². The summed E-state index contributed by atoms with van der Waals surface area (Å²) in [6.45, 7) is 9.07. The normalized spacial score (nSPS) is 16.0. The molecule has 0 bridgehead atoms. The molecule has 0 aliphatic heterocycles. The molecule has 1 N–H and O–H groups in total. The quantitative estimate of drug-likeness (QED) is 0.608. The molecule has 0 saturated carbocycles. The van der Waals surface area contributed by atoms with Gasteiger partial charge in [-0.1, -0.05) is 6.58 Å². The summed E-state index contributed by atoms with van der Waals surface area (Å²) in [7, 11) is 0. The Morgan fingerprint density at radius 3 is 2.40 bits per heavy atom. The molecule has 2 heteroatoms. The number of hydrogen-bond donors (Lipinski definition) is 1. The molecule has 0 spiro atoms. The topological polar surface area (TPSA) is 29.5 Å². The molecule has 0 radical (unpaired) electrons. The highest BCUT2D eigenvalue weighted by Crippen LogP contribution is 2.05. The molecule has 0 aromatic carbocycles. The van der Waals surface area contributed by atoms with Gasteiger partial charge in [0.2, 0.25) is 0 Å². The van der Waals surface area contributed by atoms with Crippen LogP contribution >= 0.6 is 0 Å². The van der Waals surface area contributed by atoms with Crippen molar-refractivity contribution in [3.63, 3.8) is 0 Å². The molecule has 60 valence electrons. The lowest BCUT2D eigenvalue weighted by Gasteiger charge is -2.15. The minimum Gasteiger partial charge on any atom is -0.496 e. The average Bonchev–Trinajstić information content (AvgIpc) is 1.58. The van der Waals surface area contributed by atoms with Crippen LogP contribution in [0.5, 0.6) is 0 Å². The average molecular weight is 144 g/mol. The zero-order valence-corrected chi connectivity index (χ0v) is 6.92. The van der Waals surface area contributed by atoms with Gasteiger partial charge in [0.05, 0.1) is 18.0 Å². The van der Waals surface area contributed by atoms with Crippen LogP contribution < -0.4 is 0 Å². The van der Waals surface area contributed by atoms with Crippen LogP contribution in [0, 0.1) is 0 Å². The number of aliphatic hydroxyl groups is 1. The third-order valence-corrected chi connectivity index (χ3v) is 1.08. The van der Waals surface area contributed by atoms with Crippen molar-refractivity contribution in [2.24, 2.45) is 0 Å². The standard InChI is InChI=1S/C8H16O2/c1-6(2)10-8(4)5-7(3)9/h7-9H,1,5H2,2-4H3. The molecule has 0 amide bonds. The van der Waals surface area contributed by atoms with Crippen LogP contribution in [0.1, 0.15) is 27.2 Å². The summed E-state index contributed by atoms with van der Waals surface area (Å²) in [5.74, 6) is 0.702. The summed E-state index contributed by atoms with van der Waals surface area (Å²) >= 11 is 0. The third kappa shape index (κ3) is 5.63. The number of hydrogen-bond acceptors (Lipinski definition) is 2. The van der Waals surface area contributed by atoms with E-state index < -0.39 is 0 Å². The SMILES string of the molecule is C=C(C)OC(C)CC(C)O. The summed E-state index contributed by atoms with van der Waals surface area (Å²) < 4.78 is 5.21.